The van der Waals surface area contributed by atoms with Gasteiger partial charge in [-0.25, -0.2) is 8.42 Å². The molecule has 3 nitrogen and oxygen atoms in total. The van der Waals surface area contributed by atoms with E-state index in [1.54, 1.807) is 12.1 Å². The summed E-state index contributed by atoms with van der Waals surface area (Å²) in [4.78, 5) is 0. The zero-order chi connectivity index (χ0) is 20.4. The van der Waals surface area contributed by atoms with E-state index in [0.717, 1.165) is 30.2 Å². The first-order valence-corrected chi connectivity index (χ1v) is 11.5. The van der Waals surface area contributed by atoms with Gasteiger partial charge in [0.1, 0.15) is 0 Å². The van der Waals surface area contributed by atoms with Crippen LogP contribution in [0.25, 0.3) is 11.6 Å². The number of fused-ring (bicyclic) bond motifs is 2. The van der Waals surface area contributed by atoms with Crippen LogP contribution in [0.4, 0.5) is 5.69 Å². The predicted octanol–water partition coefficient (Wildman–Crippen LogP) is 5.21. The third-order valence-electron chi connectivity index (χ3n) is 5.08. The summed E-state index contributed by atoms with van der Waals surface area (Å²) in [5.41, 5.74) is 12.5. The van der Waals surface area contributed by atoms with Gasteiger partial charge in [-0.15, -0.1) is 5.73 Å². The lowest BCUT2D eigenvalue weighted by Crippen LogP contribution is -2.09. The van der Waals surface area contributed by atoms with Crippen molar-refractivity contribution >= 4 is 27.4 Å². The van der Waals surface area contributed by atoms with E-state index in [0.29, 0.717) is 5.69 Å². The molecule has 0 saturated carbocycles. The molecule has 4 rings (SSSR count). The minimum absolute atomic E-state index is 0.554. The van der Waals surface area contributed by atoms with Crippen LogP contribution in [0.2, 0.25) is 0 Å². The van der Waals surface area contributed by atoms with E-state index in [4.69, 9.17) is 0 Å². The Morgan fingerprint density at radius 2 is 1.59 bits per heavy atom. The van der Waals surface area contributed by atoms with Crippen molar-refractivity contribution in [1.82, 2.24) is 0 Å². The van der Waals surface area contributed by atoms with E-state index in [1.807, 2.05) is 18.2 Å². The lowest BCUT2D eigenvalue weighted by molar-refractivity contribution is 0.607. The summed E-state index contributed by atoms with van der Waals surface area (Å²) in [7, 11) is -3.27. The average molecular weight is 402 g/mol. The molecule has 0 bridgehead atoms. The van der Waals surface area contributed by atoms with Crippen LogP contribution in [0.1, 0.15) is 33.4 Å². The molecule has 0 aliphatic heterocycles. The van der Waals surface area contributed by atoms with Crippen molar-refractivity contribution in [1.29, 1.82) is 0 Å². The van der Waals surface area contributed by atoms with Crippen molar-refractivity contribution in [2.45, 2.75) is 19.8 Å². The van der Waals surface area contributed by atoms with Crippen LogP contribution in [0.15, 0.2) is 72.5 Å². The van der Waals surface area contributed by atoms with Crippen molar-refractivity contribution < 1.29 is 8.42 Å². The fourth-order valence-corrected chi connectivity index (χ4v) is 4.27. The monoisotopic (exact) mass is 401 g/mol. The molecule has 4 heteroatoms. The largest absolute Gasteiger partial charge is 0.284 e. The van der Waals surface area contributed by atoms with Gasteiger partial charge in [0, 0.05) is 11.3 Å². The maximum atomic E-state index is 11.4. The first-order valence-electron chi connectivity index (χ1n) is 9.62. The standard InChI is InChI=1S/C25H23NO2S/c1-18-7-11-21-13-12-20-5-3-4-6-23(20)24(25(21)17-18)16-10-19-8-14-22(15-9-19)26-29(2,27)28/h3-11,14-15,17,26H,12-13H2,1-2H3. The van der Waals surface area contributed by atoms with Gasteiger partial charge in [-0.3, -0.25) is 4.72 Å². The molecule has 29 heavy (non-hydrogen) atoms. The number of benzene rings is 3. The highest BCUT2D eigenvalue weighted by Crippen LogP contribution is 2.33. The molecule has 0 spiro atoms. The Kier molecular flexibility index (Phi) is 5.14. The normalized spacial score (nSPS) is 13.0. The summed E-state index contributed by atoms with van der Waals surface area (Å²) >= 11 is 0. The molecule has 0 atom stereocenters. The molecule has 0 fully saturated rings. The van der Waals surface area contributed by atoms with E-state index in [-0.39, 0.29) is 0 Å². The van der Waals surface area contributed by atoms with Crippen LogP contribution >= 0.6 is 0 Å². The second kappa shape index (κ2) is 7.75. The topological polar surface area (TPSA) is 46.2 Å². The first-order chi connectivity index (χ1) is 13.9. The van der Waals surface area contributed by atoms with Gasteiger partial charge in [0.2, 0.25) is 10.0 Å². The minimum Gasteiger partial charge on any atom is -0.284 e. The number of hydrogen-bond donors (Lipinski definition) is 1. The number of anilines is 1. The highest BCUT2D eigenvalue weighted by atomic mass is 32.2. The van der Waals surface area contributed by atoms with E-state index in [9.17, 15) is 8.42 Å². The maximum absolute atomic E-state index is 11.4. The molecule has 0 radical (unpaired) electrons. The lowest BCUT2D eigenvalue weighted by Gasteiger charge is -2.10. The van der Waals surface area contributed by atoms with Crippen molar-refractivity contribution in [3.05, 3.63) is 106 Å². The Balaban J connectivity index is 1.81. The van der Waals surface area contributed by atoms with Crippen LogP contribution in [0.3, 0.4) is 0 Å². The predicted molar refractivity (Wildman–Crippen MR) is 120 cm³/mol. The van der Waals surface area contributed by atoms with E-state index < -0.39 is 10.0 Å². The van der Waals surface area contributed by atoms with Crippen LogP contribution < -0.4 is 4.72 Å². The van der Waals surface area contributed by atoms with E-state index in [1.165, 1.54) is 27.8 Å². The Bertz CT molecular complexity index is 1230. The molecule has 146 valence electrons. The van der Waals surface area contributed by atoms with Crippen LogP contribution in [0.5, 0.6) is 0 Å². The van der Waals surface area contributed by atoms with Crippen molar-refractivity contribution in [2.75, 3.05) is 11.0 Å². The quantitative estimate of drug-likeness (QED) is 0.613. The number of sulfonamides is 1. The fourth-order valence-electron chi connectivity index (χ4n) is 3.71. The van der Waals surface area contributed by atoms with Crippen LogP contribution in [0, 0.1) is 6.92 Å². The maximum Gasteiger partial charge on any atom is 0.229 e. The molecule has 0 unspecified atom stereocenters. The summed E-state index contributed by atoms with van der Waals surface area (Å²) in [6.45, 7) is 2.12. The zero-order valence-electron chi connectivity index (χ0n) is 16.6. The number of aryl methyl sites for hydroxylation is 3. The smallest absolute Gasteiger partial charge is 0.229 e. The summed E-state index contributed by atoms with van der Waals surface area (Å²) in [5, 5.41) is 0. The van der Waals surface area contributed by atoms with Crippen molar-refractivity contribution in [2.24, 2.45) is 0 Å². The molecule has 1 aliphatic carbocycles. The number of hydrogen-bond acceptors (Lipinski definition) is 2. The molecular formula is C25H23NO2S. The molecule has 3 aromatic carbocycles. The number of nitrogens with one attached hydrogen (secondary N) is 1. The Morgan fingerprint density at radius 1 is 0.897 bits per heavy atom. The van der Waals surface area contributed by atoms with Gasteiger partial charge >= 0.3 is 0 Å². The van der Waals surface area contributed by atoms with Gasteiger partial charge in [-0.05, 0) is 65.8 Å². The fraction of sp³-hybridized carbons (Fsp3) is 0.160. The molecular weight excluding hydrogens is 378 g/mol. The van der Waals surface area contributed by atoms with E-state index >= 15 is 0 Å². The molecule has 0 aromatic heterocycles. The van der Waals surface area contributed by atoms with Crippen LogP contribution in [-0.4, -0.2) is 14.7 Å². The van der Waals surface area contributed by atoms with Gasteiger partial charge in [0.05, 0.1) is 6.26 Å². The number of rotatable bonds is 3. The Labute approximate surface area is 172 Å². The van der Waals surface area contributed by atoms with Crippen molar-refractivity contribution in [3.63, 3.8) is 0 Å². The molecule has 0 amide bonds. The molecule has 1 aliphatic rings. The van der Waals surface area contributed by atoms with Gasteiger partial charge in [-0.2, -0.15) is 0 Å². The third kappa shape index (κ3) is 4.51. The minimum atomic E-state index is -3.27. The molecule has 0 heterocycles. The van der Waals surface area contributed by atoms with Crippen LogP contribution in [-0.2, 0) is 22.9 Å². The summed E-state index contributed by atoms with van der Waals surface area (Å²) in [5.74, 6) is 0. The third-order valence-corrected chi connectivity index (χ3v) is 5.69. The molecule has 1 N–H and O–H groups in total. The summed E-state index contributed by atoms with van der Waals surface area (Å²) in [6, 6.07) is 22.5. The second-order valence-corrected chi connectivity index (χ2v) is 9.23. The second-order valence-electron chi connectivity index (χ2n) is 7.48. The molecule has 3 aromatic rings. The summed E-state index contributed by atoms with van der Waals surface area (Å²) in [6.07, 6.45) is 5.15. The van der Waals surface area contributed by atoms with Gasteiger partial charge in [0.25, 0.3) is 0 Å². The van der Waals surface area contributed by atoms with Gasteiger partial charge < -0.3 is 0 Å². The average Bonchev–Trinajstić information content (AvgIpc) is 2.83. The first kappa shape index (κ1) is 19.3. The van der Waals surface area contributed by atoms with Gasteiger partial charge in [-0.1, -0.05) is 60.2 Å². The van der Waals surface area contributed by atoms with E-state index in [2.05, 4.69) is 59.8 Å². The zero-order valence-corrected chi connectivity index (χ0v) is 17.4. The van der Waals surface area contributed by atoms with Crippen molar-refractivity contribution in [3.8, 4) is 0 Å². The SMILES string of the molecule is Cc1ccc2c(c1)C(=C=Cc1ccc(NS(C)(=O)=O)cc1)c1ccccc1CC2. The van der Waals surface area contributed by atoms with Gasteiger partial charge in [0.15, 0.2) is 0 Å². The lowest BCUT2D eigenvalue weighted by atomic mass is 9.93. The molecule has 0 saturated heterocycles. The highest BCUT2D eigenvalue weighted by molar-refractivity contribution is 7.92. The highest BCUT2D eigenvalue weighted by Gasteiger charge is 2.17. The Hall–Kier alpha value is -3.07. The summed E-state index contributed by atoms with van der Waals surface area (Å²) < 4.78 is 25.2. The Morgan fingerprint density at radius 3 is 2.31 bits per heavy atom.